The Morgan fingerprint density at radius 2 is 2.00 bits per heavy atom. The summed E-state index contributed by atoms with van der Waals surface area (Å²) < 4.78 is 0. The van der Waals surface area contributed by atoms with Crippen molar-refractivity contribution in [2.24, 2.45) is 21.5 Å². The molecule has 1 rings (SSSR count). The Kier molecular flexibility index (Phi) is 8.72. The standard InChI is InChI=1S/C14H22ClN5OS/c1-10(2)18-13(16)19-14(17)20-21-8-3-9-22-12-6-4-11(15)5-7-12/h4-7,10H,3,8-9H2,1-2H3,(H5,16,17,18,19,20). The van der Waals surface area contributed by atoms with Gasteiger partial charge in [-0.3, -0.25) is 4.84 Å². The van der Waals surface area contributed by atoms with Gasteiger partial charge in [0.05, 0.1) is 6.61 Å². The summed E-state index contributed by atoms with van der Waals surface area (Å²) >= 11 is 7.57. The molecule has 1 aromatic rings. The lowest BCUT2D eigenvalue weighted by Gasteiger charge is -2.06. The Bertz CT molecular complexity index is 504. The van der Waals surface area contributed by atoms with E-state index in [4.69, 9.17) is 27.9 Å². The smallest absolute Gasteiger partial charge is 0.221 e. The molecule has 6 nitrogen and oxygen atoms in total. The quantitative estimate of drug-likeness (QED) is 0.232. The number of halogens is 1. The molecular weight excluding hydrogens is 322 g/mol. The Balaban J connectivity index is 2.15. The van der Waals surface area contributed by atoms with Gasteiger partial charge in [0.2, 0.25) is 11.9 Å². The van der Waals surface area contributed by atoms with Gasteiger partial charge in [0.25, 0.3) is 0 Å². The number of thioether (sulfide) groups is 1. The number of nitrogens with one attached hydrogen (secondary N) is 1. The van der Waals surface area contributed by atoms with E-state index in [2.05, 4.69) is 15.5 Å². The molecule has 8 heteroatoms. The maximum absolute atomic E-state index is 5.83. The van der Waals surface area contributed by atoms with E-state index in [1.165, 1.54) is 4.90 Å². The third-order valence-electron chi connectivity index (χ3n) is 2.28. The lowest BCUT2D eigenvalue weighted by Crippen LogP contribution is -2.34. The number of rotatable bonds is 7. The fraction of sp³-hybridized carbons (Fsp3) is 0.429. The van der Waals surface area contributed by atoms with E-state index in [1.54, 1.807) is 11.8 Å². The molecule has 1 aromatic carbocycles. The summed E-state index contributed by atoms with van der Waals surface area (Å²) in [7, 11) is 0. The molecule has 0 amide bonds. The van der Waals surface area contributed by atoms with Gasteiger partial charge in [0.1, 0.15) is 0 Å². The third kappa shape index (κ3) is 8.76. The minimum atomic E-state index is 0.0716. The van der Waals surface area contributed by atoms with Crippen molar-refractivity contribution >= 4 is 35.3 Å². The molecule has 0 unspecified atom stereocenters. The maximum atomic E-state index is 5.83. The lowest BCUT2D eigenvalue weighted by atomic mass is 10.4. The maximum Gasteiger partial charge on any atom is 0.221 e. The van der Waals surface area contributed by atoms with Crippen LogP contribution in [-0.2, 0) is 4.84 Å². The number of nitrogens with two attached hydrogens (primary N) is 2. The van der Waals surface area contributed by atoms with Crippen LogP contribution in [-0.4, -0.2) is 30.3 Å². The number of benzene rings is 1. The monoisotopic (exact) mass is 343 g/mol. The molecule has 0 aliphatic carbocycles. The average Bonchev–Trinajstić information content (AvgIpc) is 2.43. The molecule has 0 radical (unpaired) electrons. The first-order valence-corrected chi connectivity index (χ1v) is 8.27. The Hall–Kier alpha value is -1.44. The number of aliphatic imine (C=N–C) groups is 2. The molecule has 5 N–H and O–H groups in total. The van der Waals surface area contributed by atoms with E-state index in [9.17, 15) is 0 Å². The molecule has 0 heterocycles. The normalized spacial score (nSPS) is 12.7. The molecule has 0 bridgehead atoms. The summed E-state index contributed by atoms with van der Waals surface area (Å²) in [6.07, 6.45) is 0.864. The van der Waals surface area contributed by atoms with Gasteiger partial charge < -0.3 is 11.5 Å². The summed E-state index contributed by atoms with van der Waals surface area (Å²) in [5.74, 6) is 1.14. The van der Waals surface area contributed by atoms with Crippen LogP contribution < -0.4 is 16.9 Å². The van der Waals surface area contributed by atoms with Crippen LogP contribution in [0.3, 0.4) is 0 Å². The predicted octanol–water partition coefficient (Wildman–Crippen LogP) is 2.38. The molecule has 0 saturated heterocycles. The average molecular weight is 344 g/mol. The highest BCUT2D eigenvalue weighted by molar-refractivity contribution is 7.99. The fourth-order valence-electron chi connectivity index (χ4n) is 1.42. The van der Waals surface area contributed by atoms with Gasteiger partial charge in [-0.15, -0.1) is 11.8 Å². The highest BCUT2D eigenvalue weighted by Crippen LogP contribution is 2.20. The van der Waals surface area contributed by atoms with Crippen molar-refractivity contribution in [3.63, 3.8) is 0 Å². The second-order valence-corrected chi connectivity index (χ2v) is 6.29. The van der Waals surface area contributed by atoms with Crippen LogP contribution in [0.15, 0.2) is 39.1 Å². The minimum absolute atomic E-state index is 0.0716. The molecule has 0 aromatic heterocycles. The molecule has 0 saturated carbocycles. The van der Waals surface area contributed by atoms with Gasteiger partial charge in [-0.25, -0.2) is 10.5 Å². The molecule has 0 aliphatic heterocycles. The molecule has 0 atom stereocenters. The van der Waals surface area contributed by atoms with E-state index in [-0.39, 0.29) is 18.0 Å². The largest absolute Gasteiger partial charge is 0.368 e. The Morgan fingerprint density at radius 1 is 1.32 bits per heavy atom. The van der Waals surface area contributed by atoms with Crippen molar-refractivity contribution < 1.29 is 4.84 Å². The van der Waals surface area contributed by atoms with E-state index < -0.39 is 0 Å². The van der Waals surface area contributed by atoms with E-state index >= 15 is 0 Å². The SMILES string of the molecule is CC(C)N=C(N)/N=C(\N)NOCCCSc1ccc(Cl)cc1. The van der Waals surface area contributed by atoms with Gasteiger partial charge >= 0.3 is 0 Å². The van der Waals surface area contributed by atoms with Gasteiger partial charge in [0.15, 0.2) is 0 Å². The van der Waals surface area contributed by atoms with E-state index in [0.717, 1.165) is 17.2 Å². The van der Waals surface area contributed by atoms with Gasteiger partial charge in [-0.1, -0.05) is 11.6 Å². The van der Waals surface area contributed by atoms with Crippen LogP contribution in [0.1, 0.15) is 20.3 Å². The zero-order valence-corrected chi connectivity index (χ0v) is 14.3. The first kappa shape index (κ1) is 18.6. The van der Waals surface area contributed by atoms with Gasteiger partial charge in [0, 0.05) is 21.7 Å². The summed E-state index contributed by atoms with van der Waals surface area (Å²) in [6, 6.07) is 7.81. The first-order valence-electron chi connectivity index (χ1n) is 6.91. The highest BCUT2D eigenvalue weighted by atomic mass is 35.5. The number of hydrogen-bond donors (Lipinski definition) is 3. The van der Waals surface area contributed by atoms with Crippen LogP contribution >= 0.6 is 23.4 Å². The summed E-state index contributed by atoms with van der Waals surface area (Å²) in [5, 5.41) is 0.743. The van der Waals surface area contributed by atoms with Crippen LogP contribution in [0.2, 0.25) is 5.02 Å². The zero-order chi connectivity index (χ0) is 16.4. The van der Waals surface area contributed by atoms with Crippen LogP contribution in [0, 0.1) is 0 Å². The van der Waals surface area contributed by atoms with E-state index in [0.29, 0.717) is 6.61 Å². The van der Waals surface area contributed by atoms with Crippen molar-refractivity contribution in [1.82, 2.24) is 5.48 Å². The van der Waals surface area contributed by atoms with Crippen molar-refractivity contribution in [3.05, 3.63) is 29.3 Å². The topological polar surface area (TPSA) is 98.0 Å². The van der Waals surface area contributed by atoms with Crippen molar-refractivity contribution in [2.45, 2.75) is 31.2 Å². The predicted molar refractivity (Wildman–Crippen MR) is 94.3 cm³/mol. The summed E-state index contributed by atoms with van der Waals surface area (Å²) in [6.45, 7) is 4.32. The second kappa shape index (κ2) is 10.3. The molecule has 122 valence electrons. The van der Waals surface area contributed by atoms with Gasteiger partial charge in [-0.2, -0.15) is 4.99 Å². The molecule has 0 fully saturated rings. The van der Waals surface area contributed by atoms with Crippen molar-refractivity contribution in [2.75, 3.05) is 12.4 Å². The molecule has 0 spiro atoms. The Morgan fingerprint density at radius 3 is 2.64 bits per heavy atom. The third-order valence-corrected chi connectivity index (χ3v) is 3.63. The minimum Gasteiger partial charge on any atom is -0.368 e. The molecular formula is C14H22ClN5OS. The zero-order valence-electron chi connectivity index (χ0n) is 12.8. The number of hydroxylamine groups is 1. The van der Waals surface area contributed by atoms with Crippen LogP contribution in [0.4, 0.5) is 0 Å². The molecule has 0 aliphatic rings. The van der Waals surface area contributed by atoms with Crippen molar-refractivity contribution in [1.29, 1.82) is 0 Å². The fourth-order valence-corrected chi connectivity index (χ4v) is 2.37. The highest BCUT2D eigenvalue weighted by Gasteiger charge is 1.97. The van der Waals surface area contributed by atoms with Crippen LogP contribution in [0.5, 0.6) is 0 Å². The molecule has 22 heavy (non-hydrogen) atoms. The Labute approximate surface area is 140 Å². The lowest BCUT2D eigenvalue weighted by molar-refractivity contribution is 0.0854. The van der Waals surface area contributed by atoms with Gasteiger partial charge in [-0.05, 0) is 44.5 Å². The second-order valence-electron chi connectivity index (χ2n) is 4.68. The van der Waals surface area contributed by atoms with Crippen LogP contribution in [0.25, 0.3) is 0 Å². The van der Waals surface area contributed by atoms with Crippen molar-refractivity contribution in [3.8, 4) is 0 Å². The summed E-state index contributed by atoms with van der Waals surface area (Å²) in [4.78, 5) is 14.3. The number of hydrogen-bond acceptors (Lipinski definition) is 3. The summed E-state index contributed by atoms with van der Waals surface area (Å²) in [5.41, 5.74) is 13.7. The number of nitrogens with zero attached hydrogens (tertiary/aromatic N) is 2. The number of guanidine groups is 2. The van der Waals surface area contributed by atoms with E-state index in [1.807, 2.05) is 38.1 Å². The first-order chi connectivity index (χ1) is 10.5.